The van der Waals surface area contributed by atoms with Crippen molar-refractivity contribution < 1.29 is 15.0 Å². The van der Waals surface area contributed by atoms with Gasteiger partial charge in [-0.05, 0) is 37.5 Å². The molecule has 1 amide bonds. The maximum atomic E-state index is 11.7. The van der Waals surface area contributed by atoms with Crippen LogP contribution in [0.2, 0.25) is 0 Å². The van der Waals surface area contributed by atoms with Gasteiger partial charge in [-0.2, -0.15) is 5.26 Å². The molecule has 0 saturated heterocycles. The van der Waals surface area contributed by atoms with Crippen LogP contribution in [0.3, 0.4) is 0 Å². The summed E-state index contributed by atoms with van der Waals surface area (Å²) in [5.74, 6) is 0. The third-order valence-electron chi connectivity index (χ3n) is 4.95. The maximum absolute atomic E-state index is 11.7. The van der Waals surface area contributed by atoms with Crippen molar-refractivity contribution in [3.05, 3.63) is 35.4 Å². The summed E-state index contributed by atoms with van der Waals surface area (Å²) in [5, 5.41) is 31.9. The molecule has 2 rings (SSSR count). The molecule has 3 N–H and O–H groups in total. The van der Waals surface area contributed by atoms with Crippen LogP contribution < -0.4 is 5.32 Å². The summed E-state index contributed by atoms with van der Waals surface area (Å²) >= 11 is 0. The van der Waals surface area contributed by atoms with Gasteiger partial charge in [0.2, 0.25) is 0 Å². The van der Waals surface area contributed by atoms with Gasteiger partial charge in [-0.15, -0.1) is 0 Å². The summed E-state index contributed by atoms with van der Waals surface area (Å²) in [6.45, 7) is 2.65. The predicted molar refractivity (Wildman–Crippen MR) is 95.1 cm³/mol. The van der Waals surface area contributed by atoms with Crippen LogP contribution in [0.5, 0.6) is 0 Å². The van der Waals surface area contributed by atoms with E-state index in [1.165, 1.54) is 4.90 Å². The summed E-state index contributed by atoms with van der Waals surface area (Å²) < 4.78 is 0. The van der Waals surface area contributed by atoms with Gasteiger partial charge in [0.1, 0.15) is 0 Å². The Labute approximate surface area is 149 Å². The Morgan fingerprint density at radius 2 is 1.96 bits per heavy atom. The van der Waals surface area contributed by atoms with Crippen LogP contribution in [-0.2, 0) is 6.54 Å². The van der Waals surface area contributed by atoms with Crippen molar-refractivity contribution in [1.82, 2.24) is 10.2 Å². The number of hydrogen-bond acceptors (Lipinski definition) is 4. The number of hydrogen-bond donors (Lipinski definition) is 3. The van der Waals surface area contributed by atoms with Crippen molar-refractivity contribution in [3.8, 4) is 6.07 Å². The quantitative estimate of drug-likeness (QED) is 0.706. The van der Waals surface area contributed by atoms with Crippen molar-refractivity contribution in [2.24, 2.45) is 0 Å². The van der Waals surface area contributed by atoms with E-state index in [-0.39, 0.29) is 6.04 Å². The monoisotopic (exact) mass is 345 g/mol. The second-order valence-electron chi connectivity index (χ2n) is 6.73. The lowest BCUT2D eigenvalue weighted by Crippen LogP contribution is -2.53. The molecular formula is C19H27N3O3. The van der Waals surface area contributed by atoms with E-state index in [0.29, 0.717) is 18.7 Å². The van der Waals surface area contributed by atoms with Crippen LogP contribution in [-0.4, -0.2) is 45.9 Å². The third-order valence-corrected chi connectivity index (χ3v) is 4.95. The van der Waals surface area contributed by atoms with Gasteiger partial charge in [-0.3, -0.25) is 0 Å². The predicted octanol–water partition coefficient (Wildman–Crippen LogP) is 2.71. The average molecular weight is 345 g/mol. The molecule has 2 atom stereocenters. The van der Waals surface area contributed by atoms with Gasteiger partial charge in [0.15, 0.2) is 0 Å². The summed E-state index contributed by atoms with van der Waals surface area (Å²) in [5.41, 5.74) is 1.63. The van der Waals surface area contributed by atoms with Gasteiger partial charge in [-0.25, -0.2) is 4.79 Å². The zero-order chi connectivity index (χ0) is 18.2. The molecule has 1 aliphatic carbocycles. The first kappa shape index (κ1) is 19.2. The Kier molecular flexibility index (Phi) is 7.23. The third kappa shape index (κ3) is 5.45. The number of nitrogens with zero attached hydrogens (tertiary/aromatic N) is 2. The fourth-order valence-corrected chi connectivity index (χ4v) is 3.44. The number of nitriles is 1. The second-order valence-corrected chi connectivity index (χ2v) is 6.73. The number of aliphatic hydroxyl groups excluding tert-OH is 1. The Balaban J connectivity index is 1.85. The highest BCUT2D eigenvalue weighted by Gasteiger charge is 2.32. The summed E-state index contributed by atoms with van der Waals surface area (Å²) in [7, 11) is 0. The smallest absolute Gasteiger partial charge is 0.407 e. The van der Waals surface area contributed by atoms with Crippen molar-refractivity contribution in [3.63, 3.8) is 0 Å². The molecule has 136 valence electrons. The molecule has 0 unspecified atom stereocenters. The van der Waals surface area contributed by atoms with Crippen molar-refractivity contribution in [1.29, 1.82) is 5.26 Å². The molecule has 1 saturated carbocycles. The molecule has 0 aromatic heterocycles. The largest absolute Gasteiger partial charge is 0.465 e. The van der Waals surface area contributed by atoms with Gasteiger partial charge in [-0.1, -0.05) is 31.4 Å². The van der Waals surface area contributed by atoms with E-state index in [0.717, 1.165) is 37.7 Å². The molecule has 6 heteroatoms. The van der Waals surface area contributed by atoms with Gasteiger partial charge in [0.05, 0.1) is 23.8 Å². The second kappa shape index (κ2) is 9.40. The van der Waals surface area contributed by atoms with E-state index < -0.39 is 18.2 Å². The van der Waals surface area contributed by atoms with E-state index in [2.05, 4.69) is 11.4 Å². The number of carbonyl (C=O) groups is 1. The van der Waals surface area contributed by atoms with Crippen LogP contribution in [0.1, 0.15) is 50.2 Å². The molecule has 1 aromatic carbocycles. The highest BCUT2D eigenvalue weighted by molar-refractivity contribution is 5.66. The lowest BCUT2D eigenvalue weighted by molar-refractivity contribution is 0.0267. The first-order chi connectivity index (χ1) is 12.0. The lowest BCUT2D eigenvalue weighted by atomic mass is 9.93. The zero-order valence-electron chi connectivity index (χ0n) is 14.7. The fraction of sp³-hybridized carbons (Fsp3) is 0.579. The van der Waals surface area contributed by atoms with Crippen molar-refractivity contribution in [2.45, 2.75) is 63.8 Å². The van der Waals surface area contributed by atoms with E-state index in [4.69, 9.17) is 5.26 Å². The molecule has 1 fully saturated rings. The number of carboxylic acid groups (broad SMARTS) is 1. The highest BCUT2D eigenvalue weighted by Crippen LogP contribution is 2.25. The van der Waals surface area contributed by atoms with Crippen LogP contribution in [0.15, 0.2) is 24.3 Å². The standard InChI is InChI=1S/C19H27N3O3/c1-14(22(19(24)25)17-5-3-2-4-6-17)18(23)13-21-12-16-9-7-15(11-20)8-10-16/h7-10,14,17-18,21,23H,2-6,12-13H2,1H3,(H,24,25)/t14-,18+/m0/s1. The highest BCUT2D eigenvalue weighted by atomic mass is 16.4. The Morgan fingerprint density at radius 1 is 1.32 bits per heavy atom. The van der Waals surface area contributed by atoms with Crippen LogP contribution in [0.25, 0.3) is 0 Å². The van der Waals surface area contributed by atoms with Crippen molar-refractivity contribution >= 4 is 6.09 Å². The average Bonchev–Trinajstić information content (AvgIpc) is 2.63. The molecular weight excluding hydrogens is 318 g/mol. The molecule has 25 heavy (non-hydrogen) atoms. The lowest BCUT2D eigenvalue weighted by Gasteiger charge is -2.38. The first-order valence-electron chi connectivity index (χ1n) is 8.92. The molecule has 0 bridgehead atoms. The molecule has 1 aliphatic rings. The zero-order valence-corrected chi connectivity index (χ0v) is 14.7. The molecule has 1 aromatic rings. The molecule has 0 heterocycles. The molecule has 0 aliphatic heterocycles. The van der Waals surface area contributed by atoms with Crippen LogP contribution in [0, 0.1) is 11.3 Å². The molecule has 6 nitrogen and oxygen atoms in total. The van der Waals surface area contributed by atoms with Crippen molar-refractivity contribution in [2.75, 3.05) is 6.54 Å². The number of aliphatic hydroxyl groups is 1. The Hall–Kier alpha value is -2.10. The minimum Gasteiger partial charge on any atom is -0.465 e. The van der Waals surface area contributed by atoms with Gasteiger partial charge in [0.25, 0.3) is 0 Å². The van der Waals surface area contributed by atoms with E-state index in [1.54, 1.807) is 19.1 Å². The normalized spacial score (nSPS) is 17.5. The Morgan fingerprint density at radius 3 is 2.52 bits per heavy atom. The van der Waals surface area contributed by atoms with Crippen LogP contribution >= 0.6 is 0 Å². The van der Waals surface area contributed by atoms with E-state index in [1.807, 2.05) is 12.1 Å². The Bertz CT molecular complexity index is 591. The topological polar surface area (TPSA) is 96.6 Å². The summed E-state index contributed by atoms with van der Waals surface area (Å²) in [4.78, 5) is 13.1. The molecule has 0 spiro atoms. The minimum absolute atomic E-state index is 0.00873. The fourth-order valence-electron chi connectivity index (χ4n) is 3.44. The number of rotatable bonds is 7. The SMILES string of the molecule is C[C@@H]([C@H](O)CNCc1ccc(C#N)cc1)N(C(=O)O)C1CCCCC1. The van der Waals surface area contributed by atoms with E-state index in [9.17, 15) is 15.0 Å². The maximum Gasteiger partial charge on any atom is 0.407 e. The van der Waals surface area contributed by atoms with Gasteiger partial charge >= 0.3 is 6.09 Å². The van der Waals surface area contributed by atoms with E-state index >= 15 is 0 Å². The summed E-state index contributed by atoms with van der Waals surface area (Å²) in [6, 6.07) is 8.88. The number of amides is 1. The first-order valence-corrected chi connectivity index (χ1v) is 8.92. The number of nitrogens with one attached hydrogen (secondary N) is 1. The number of benzene rings is 1. The summed E-state index contributed by atoms with van der Waals surface area (Å²) in [6.07, 6.45) is 3.29. The van der Waals surface area contributed by atoms with Crippen LogP contribution in [0.4, 0.5) is 4.79 Å². The van der Waals surface area contributed by atoms with Gasteiger partial charge < -0.3 is 20.4 Å². The van der Waals surface area contributed by atoms with Gasteiger partial charge in [0, 0.05) is 19.1 Å². The minimum atomic E-state index is -0.953. The molecule has 0 radical (unpaired) electrons.